The van der Waals surface area contributed by atoms with Crippen LogP contribution in [0, 0.1) is 20.8 Å². The Morgan fingerprint density at radius 3 is 2.52 bits per heavy atom. The summed E-state index contributed by atoms with van der Waals surface area (Å²) in [5, 5.41) is 13.4. The molecule has 3 aromatic rings. The fraction of sp³-hybridized carbons (Fsp3) is 0.238. The summed E-state index contributed by atoms with van der Waals surface area (Å²) in [6.45, 7) is 7.30. The van der Waals surface area contributed by atoms with Crippen molar-refractivity contribution in [3.8, 4) is 16.3 Å². The maximum absolute atomic E-state index is 12.8. The first-order chi connectivity index (χ1) is 13.6. The van der Waals surface area contributed by atoms with E-state index in [-0.39, 0.29) is 22.1 Å². The van der Waals surface area contributed by atoms with Gasteiger partial charge in [0.1, 0.15) is 15.6 Å². The molecule has 1 heterocycles. The summed E-state index contributed by atoms with van der Waals surface area (Å²) in [7, 11) is -3.46. The molecule has 1 aromatic heterocycles. The summed E-state index contributed by atoms with van der Waals surface area (Å²) in [6, 6.07) is 9.89. The van der Waals surface area contributed by atoms with Crippen molar-refractivity contribution in [3.05, 3.63) is 58.1 Å². The van der Waals surface area contributed by atoms with Gasteiger partial charge in [-0.2, -0.15) is 0 Å². The van der Waals surface area contributed by atoms with Gasteiger partial charge in [0.2, 0.25) is 0 Å². The van der Waals surface area contributed by atoms with E-state index in [9.17, 15) is 18.3 Å². The van der Waals surface area contributed by atoms with Crippen molar-refractivity contribution >= 4 is 32.8 Å². The quantitative estimate of drug-likeness (QED) is 0.582. The van der Waals surface area contributed by atoms with Gasteiger partial charge < -0.3 is 10.4 Å². The zero-order valence-electron chi connectivity index (χ0n) is 16.6. The SMILES string of the molecule is CCS(=O)(=O)c1ccc(O)c(NC(=O)c2sc(-c3ccc(C)cc3C)nc2C)c1. The summed E-state index contributed by atoms with van der Waals surface area (Å²) in [5.41, 5.74) is 3.79. The fourth-order valence-corrected chi connectivity index (χ4v) is 4.89. The summed E-state index contributed by atoms with van der Waals surface area (Å²) < 4.78 is 24.2. The molecule has 0 radical (unpaired) electrons. The first-order valence-corrected chi connectivity index (χ1v) is 11.5. The number of nitrogens with zero attached hydrogens (tertiary/aromatic N) is 1. The molecule has 0 spiro atoms. The Labute approximate surface area is 174 Å². The third kappa shape index (κ3) is 4.33. The molecule has 8 heteroatoms. The Bertz CT molecular complexity index is 1200. The van der Waals surface area contributed by atoms with Crippen LogP contribution in [0.15, 0.2) is 41.3 Å². The van der Waals surface area contributed by atoms with Crippen molar-refractivity contribution in [1.29, 1.82) is 0 Å². The number of thiazole rings is 1. The minimum atomic E-state index is -3.46. The molecular weight excluding hydrogens is 408 g/mol. The number of hydrogen-bond donors (Lipinski definition) is 2. The monoisotopic (exact) mass is 430 g/mol. The number of carbonyl (C=O) groups excluding carboxylic acids is 1. The van der Waals surface area contributed by atoms with Crippen LogP contribution >= 0.6 is 11.3 Å². The number of hydrogen-bond acceptors (Lipinski definition) is 6. The first kappa shape index (κ1) is 21.0. The highest BCUT2D eigenvalue weighted by Crippen LogP contribution is 2.32. The molecule has 6 nitrogen and oxygen atoms in total. The fourth-order valence-electron chi connectivity index (χ4n) is 2.93. The van der Waals surface area contributed by atoms with Crippen LogP contribution in [0.5, 0.6) is 5.75 Å². The second-order valence-electron chi connectivity index (χ2n) is 6.79. The van der Waals surface area contributed by atoms with E-state index in [2.05, 4.69) is 16.4 Å². The average molecular weight is 431 g/mol. The Morgan fingerprint density at radius 1 is 1.14 bits per heavy atom. The molecule has 0 fully saturated rings. The van der Waals surface area contributed by atoms with E-state index in [0.717, 1.165) is 21.7 Å². The summed E-state index contributed by atoms with van der Waals surface area (Å²) in [4.78, 5) is 17.8. The van der Waals surface area contributed by atoms with E-state index in [1.54, 1.807) is 6.92 Å². The number of aromatic nitrogens is 1. The van der Waals surface area contributed by atoms with Crippen LogP contribution < -0.4 is 5.32 Å². The van der Waals surface area contributed by atoms with Crippen molar-refractivity contribution < 1.29 is 18.3 Å². The van der Waals surface area contributed by atoms with Crippen molar-refractivity contribution in [2.75, 3.05) is 11.1 Å². The Balaban J connectivity index is 1.93. The van der Waals surface area contributed by atoms with Gasteiger partial charge in [0.15, 0.2) is 9.84 Å². The number of benzene rings is 2. The van der Waals surface area contributed by atoms with Gasteiger partial charge in [-0.3, -0.25) is 4.79 Å². The van der Waals surface area contributed by atoms with Gasteiger partial charge in [0, 0.05) is 5.56 Å². The van der Waals surface area contributed by atoms with Gasteiger partial charge in [0.25, 0.3) is 5.91 Å². The van der Waals surface area contributed by atoms with E-state index < -0.39 is 15.7 Å². The highest BCUT2D eigenvalue weighted by atomic mass is 32.2. The molecule has 2 N–H and O–H groups in total. The lowest BCUT2D eigenvalue weighted by atomic mass is 10.1. The molecule has 1 amide bonds. The predicted molar refractivity (Wildman–Crippen MR) is 116 cm³/mol. The zero-order valence-corrected chi connectivity index (χ0v) is 18.2. The summed E-state index contributed by atoms with van der Waals surface area (Å²) >= 11 is 1.26. The van der Waals surface area contributed by atoms with E-state index >= 15 is 0 Å². The number of aromatic hydroxyl groups is 1. The molecule has 0 aliphatic carbocycles. The molecule has 29 heavy (non-hydrogen) atoms. The van der Waals surface area contributed by atoms with Crippen LogP contribution in [0.3, 0.4) is 0 Å². The zero-order chi connectivity index (χ0) is 21.3. The number of aryl methyl sites for hydroxylation is 3. The van der Waals surface area contributed by atoms with Crippen LogP contribution in [-0.2, 0) is 9.84 Å². The van der Waals surface area contributed by atoms with E-state index in [1.165, 1.54) is 36.5 Å². The number of carbonyl (C=O) groups is 1. The summed E-state index contributed by atoms with van der Waals surface area (Å²) in [5.74, 6) is -0.721. The molecule has 152 valence electrons. The third-order valence-electron chi connectivity index (χ3n) is 4.57. The number of anilines is 1. The van der Waals surface area contributed by atoms with Crippen LogP contribution in [0.1, 0.15) is 33.4 Å². The van der Waals surface area contributed by atoms with Crippen molar-refractivity contribution in [2.45, 2.75) is 32.6 Å². The van der Waals surface area contributed by atoms with Gasteiger partial charge in [-0.15, -0.1) is 11.3 Å². The lowest BCUT2D eigenvalue weighted by molar-refractivity contribution is 0.102. The molecule has 0 atom stereocenters. The van der Waals surface area contributed by atoms with E-state index in [0.29, 0.717) is 10.6 Å². The number of phenolic OH excluding ortho intramolecular Hbond substituents is 1. The minimum absolute atomic E-state index is 0.0464. The normalized spacial score (nSPS) is 11.4. The molecule has 0 aliphatic heterocycles. The molecule has 0 saturated carbocycles. The second-order valence-corrected chi connectivity index (χ2v) is 10.1. The van der Waals surface area contributed by atoms with E-state index in [4.69, 9.17) is 0 Å². The van der Waals surface area contributed by atoms with Gasteiger partial charge >= 0.3 is 0 Å². The van der Waals surface area contributed by atoms with E-state index in [1.807, 2.05) is 26.0 Å². The average Bonchev–Trinajstić information content (AvgIpc) is 3.04. The first-order valence-electron chi connectivity index (χ1n) is 9.04. The Kier molecular flexibility index (Phi) is 5.77. The Morgan fingerprint density at radius 2 is 1.86 bits per heavy atom. The molecule has 3 rings (SSSR count). The van der Waals surface area contributed by atoms with Crippen LogP contribution in [0.2, 0.25) is 0 Å². The van der Waals surface area contributed by atoms with Crippen molar-refractivity contribution in [3.63, 3.8) is 0 Å². The number of phenols is 1. The predicted octanol–water partition coefficient (Wildman–Crippen LogP) is 4.49. The molecule has 0 unspecified atom stereocenters. The molecule has 2 aromatic carbocycles. The molecular formula is C21H22N2O4S2. The third-order valence-corrected chi connectivity index (χ3v) is 7.49. The van der Waals surface area contributed by atoms with Crippen LogP contribution in [0.4, 0.5) is 5.69 Å². The highest BCUT2D eigenvalue weighted by molar-refractivity contribution is 7.91. The number of sulfone groups is 1. The summed E-state index contributed by atoms with van der Waals surface area (Å²) in [6.07, 6.45) is 0. The molecule has 0 saturated heterocycles. The van der Waals surface area contributed by atoms with Gasteiger partial charge in [-0.25, -0.2) is 13.4 Å². The van der Waals surface area contributed by atoms with Crippen molar-refractivity contribution in [2.24, 2.45) is 0 Å². The topological polar surface area (TPSA) is 96.4 Å². The lowest BCUT2D eigenvalue weighted by Gasteiger charge is -2.09. The Hall–Kier alpha value is -2.71. The van der Waals surface area contributed by atoms with Crippen LogP contribution in [-0.4, -0.2) is 30.2 Å². The number of rotatable bonds is 5. The standard InChI is InChI=1S/C21H22N2O4S2/c1-5-29(26,27)15-7-9-18(24)17(11-15)23-20(25)19-14(4)22-21(28-19)16-8-6-12(2)10-13(16)3/h6-11,24H,5H2,1-4H3,(H,23,25). The minimum Gasteiger partial charge on any atom is -0.506 e. The molecule has 0 bridgehead atoms. The maximum Gasteiger partial charge on any atom is 0.267 e. The number of nitrogens with one attached hydrogen (secondary N) is 1. The smallest absolute Gasteiger partial charge is 0.267 e. The largest absolute Gasteiger partial charge is 0.506 e. The molecule has 0 aliphatic rings. The van der Waals surface area contributed by atoms with Gasteiger partial charge in [0.05, 0.1) is 22.0 Å². The highest BCUT2D eigenvalue weighted by Gasteiger charge is 2.20. The van der Waals surface area contributed by atoms with Gasteiger partial charge in [-0.05, 0) is 44.5 Å². The lowest BCUT2D eigenvalue weighted by Crippen LogP contribution is -2.12. The van der Waals surface area contributed by atoms with Crippen LogP contribution in [0.25, 0.3) is 10.6 Å². The van der Waals surface area contributed by atoms with Crippen molar-refractivity contribution in [1.82, 2.24) is 4.98 Å². The number of amides is 1. The second kappa shape index (κ2) is 7.96. The maximum atomic E-state index is 12.8. The van der Waals surface area contributed by atoms with Gasteiger partial charge in [-0.1, -0.05) is 30.7 Å².